The lowest BCUT2D eigenvalue weighted by Crippen LogP contribution is -2.36. The predicted octanol–water partition coefficient (Wildman–Crippen LogP) is 5.04. The number of ether oxygens (including phenoxy) is 1. The fourth-order valence-corrected chi connectivity index (χ4v) is 4.41. The standard InChI is InChI=1S/C28H30N4O2/c1-4-22-7-5-6-8-27(22)30-28(33)24(19-29)18-23-17-20(2)32(21(23)3)26-11-9-25(10-12-26)31-13-15-34-16-14-31/h5-12,17-18H,4,13-16H2,1-3H3,(H,30,33). The molecule has 0 atom stereocenters. The maximum Gasteiger partial charge on any atom is 0.266 e. The number of hydrogen-bond acceptors (Lipinski definition) is 4. The molecule has 1 aliphatic rings. The number of anilines is 2. The van der Waals surface area contributed by atoms with Crippen molar-refractivity contribution in [1.29, 1.82) is 5.26 Å². The number of carbonyl (C=O) groups excluding carboxylic acids is 1. The van der Waals surface area contributed by atoms with E-state index in [2.05, 4.69) is 45.1 Å². The maximum atomic E-state index is 12.9. The van der Waals surface area contributed by atoms with Crippen LogP contribution < -0.4 is 10.2 Å². The van der Waals surface area contributed by atoms with Crippen LogP contribution in [0.5, 0.6) is 0 Å². The molecule has 6 nitrogen and oxygen atoms in total. The van der Waals surface area contributed by atoms with Gasteiger partial charge in [0.2, 0.25) is 0 Å². The molecule has 6 heteroatoms. The molecule has 0 unspecified atom stereocenters. The lowest BCUT2D eigenvalue weighted by Gasteiger charge is -2.29. The van der Waals surface area contributed by atoms with E-state index in [1.165, 1.54) is 5.69 Å². The van der Waals surface area contributed by atoms with Gasteiger partial charge >= 0.3 is 0 Å². The molecule has 0 saturated carbocycles. The Hall–Kier alpha value is -3.82. The quantitative estimate of drug-likeness (QED) is 0.419. The largest absolute Gasteiger partial charge is 0.378 e. The minimum Gasteiger partial charge on any atom is -0.378 e. The highest BCUT2D eigenvalue weighted by Gasteiger charge is 2.16. The van der Waals surface area contributed by atoms with E-state index in [1.54, 1.807) is 6.08 Å². The van der Waals surface area contributed by atoms with Crippen molar-refractivity contribution >= 4 is 23.4 Å². The second kappa shape index (κ2) is 10.4. The lowest BCUT2D eigenvalue weighted by atomic mass is 10.1. The summed E-state index contributed by atoms with van der Waals surface area (Å²) in [4.78, 5) is 15.2. The molecule has 1 saturated heterocycles. The first-order chi connectivity index (χ1) is 16.5. The van der Waals surface area contributed by atoms with E-state index in [0.29, 0.717) is 0 Å². The highest BCUT2D eigenvalue weighted by atomic mass is 16.5. The third-order valence-corrected chi connectivity index (χ3v) is 6.27. The highest BCUT2D eigenvalue weighted by molar-refractivity contribution is 6.10. The molecule has 34 heavy (non-hydrogen) atoms. The second-order valence-corrected chi connectivity index (χ2v) is 8.41. The summed E-state index contributed by atoms with van der Waals surface area (Å²) in [5.41, 5.74) is 6.95. The van der Waals surface area contributed by atoms with Crippen LogP contribution in [0.3, 0.4) is 0 Å². The zero-order chi connectivity index (χ0) is 24.1. The van der Waals surface area contributed by atoms with Crippen molar-refractivity contribution in [2.45, 2.75) is 27.2 Å². The molecule has 0 aliphatic carbocycles. The minimum atomic E-state index is -0.400. The number of nitriles is 1. The molecular formula is C28H30N4O2. The number of amides is 1. The van der Waals surface area contributed by atoms with Gasteiger partial charge in [-0.3, -0.25) is 4.79 Å². The number of para-hydroxylation sites is 1. The van der Waals surface area contributed by atoms with Gasteiger partial charge in [-0.1, -0.05) is 25.1 Å². The fraction of sp³-hybridized carbons (Fsp3) is 0.286. The number of morpholine rings is 1. The number of benzene rings is 2. The number of hydrogen-bond donors (Lipinski definition) is 1. The zero-order valence-corrected chi connectivity index (χ0v) is 20.0. The summed E-state index contributed by atoms with van der Waals surface area (Å²) in [7, 11) is 0. The van der Waals surface area contributed by atoms with Crippen LogP contribution in [0.25, 0.3) is 11.8 Å². The van der Waals surface area contributed by atoms with Gasteiger partial charge in [0.1, 0.15) is 11.6 Å². The van der Waals surface area contributed by atoms with Gasteiger partial charge in [-0.2, -0.15) is 5.26 Å². The molecule has 2 heterocycles. The minimum absolute atomic E-state index is 0.0776. The van der Waals surface area contributed by atoms with Gasteiger partial charge in [-0.15, -0.1) is 0 Å². The molecule has 0 spiro atoms. The Morgan fingerprint density at radius 3 is 2.44 bits per heavy atom. The summed E-state index contributed by atoms with van der Waals surface area (Å²) < 4.78 is 7.60. The van der Waals surface area contributed by atoms with Crippen LogP contribution in [0.4, 0.5) is 11.4 Å². The predicted molar refractivity (Wildman–Crippen MR) is 136 cm³/mol. The lowest BCUT2D eigenvalue weighted by molar-refractivity contribution is -0.112. The van der Waals surface area contributed by atoms with Crippen LogP contribution in [0.1, 0.15) is 29.4 Å². The van der Waals surface area contributed by atoms with E-state index in [4.69, 9.17) is 4.74 Å². The van der Waals surface area contributed by atoms with E-state index in [1.807, 2.05) is 51.1 Å². The number of nitrogens with one attached hydrogen (secondary N) is 1. The molecule has 2 aromatic carbocycles. The molecule has 0 bridgehead atoms. The molecule has 3 aromatic rings. The topological polar surface area (TPSA) is 70.3 Å². The van der Waals surface area contributed by atoms with Crippen LogP contribution in [-0.2, 0) is 16.0 Å². The van der Waals surface area contributed by atoms with Gasteiger partial charge in [0, 0.05) is 41.5 Å². The number of aromatic nitrogens is 1. The highest BCUT2D eigenvalue weighted by Crippen LogP contribution is 2.26. The Balaban J connectivity index is 1.58. The second-order valence-electron chi connectivity index (χ2n) is 8.41. The maximum absolute atomic E-state index is 12.9. The van der Waals surface area contributed by atoms with Crippen molar-refractivity contribution in [2.75, 3.05) is 36.5 Å². The van der Waals surface area contributed by atoms with E-state index >= 15 is 0 Å². The summed E-state index contributed by atoms with van der Waals surface area (Å²) >= 11 is 0. The van der Waals surface area contributed by atoms with Crippen molar-refractivity contribution in [1.82, 2.24) is 4.57 Å². The monoisotopic (exact) mass is 454 g/mol. The van der Waals surface area contributed by atoms with Gasteiger partial charge in [0.25, 0.3) is 5.91 Å². The first-order valence-electron chi connectivity index (χ1n) is 11.6. The van der Waals surface area contributed by atoms with Crippen molar-refractivity contribution < 1.29 is 9.53 Å². The summed E-state index contributed by atoms with van der Waals surface area (Å²) in [6, 6.07) is 20.2. The zero-order valence-electron chi connectivity index (χ0n) is 20.0. The Kier molecular flexibility index (Phi) is 7.15. The van der Waals surface area contributed by atoms with Crippen molar-refractivity contribution in [2.24, 2.45) is 0 Å². The van der Waals surface area contributed by atoms with Gasteiger partial charge < -0.3 is 19.5 Å². The normalized spacial score (nSPS) is 14.1. The average molecular weight is 455 g/mol. The molecule has 0 radical (unpaired) electrons. The van der Waals surface area contributed by atoms with E-state index in [9.17, 15) is 10.1 Å². The average Bonchev–Trinajstić information content (AvgIpc) is 3.15. The SMILES string of the molecule is CCc1ccccc1NC(=O)C(C#N)=Cc1cc(C)n(-c2ccc(N3CCOCC3)cc2)c1C. The first-order valence-corrected chi connectivity index (χ1v) is 11.6. The van der Waals surface area contributed by atoms with Crippen LogP contribution in [0.15, 0.2) is 60.2 Å². The van der Waals surface area contributed by atoms with Crippen molar-refractivity contribution in [3.63, 3.8) is 0 Å². The summed E-state index contributed by atoms with van der Waals surface area (Å²) in [6.07, 6.45) is 2.47. The van der Waals surface area contributed by atoms with Crippen LogP contribution in [-0.4, -0.2) is 36.8 Å². The molecule has 4 rings (SSSR count). The molecule has 1 aromatic heterocycles. The Morgan fingerprint density at radius 2 is 1.76 bits per heavy atom. The molecule has 1 N–H and O–H groups in total. The Bertz CT molecular complexity index is 1240. The molecule has 1 aliphatic heterocycles. The number of nitrogens with zero attached hydrogens (tertiary/aromatic N) is 3. The molecule has 1 amide bonds. The fourth-order valence-electron chi connectivity index (χ4n) is 4.41. The number of rotatable bonds is 6. The third-order valence-electron chi connectivity index (χ3n) is 6.27. The number of carbonyl (C=O) groups is 1. The van der Waals surface area contributed by atoms with E-state index in [-0.39, 0.29) is 5.57 Å². The molecule has 1 fully saturated rings. The summed E-state index contributed by atoms with van der Waals surface area (Å²) in [6.45, 7) is 9.39. The summed E-state index contributed by atoms with van der Waals surface area (Å²) in [5, 5.41) is 12.6. The first kappa shape index (κ1) is 23.3. The van der Waals surface area contributed by atoms with Crippen LogP contribution in [0, 0.1) is 25.2 Å². The van der Waals surface area contributed by atoms with Crippen LogP contribution in [0.2, 0.25) is 0 Å². The van der Waals surface area contributed by atoms with Gasteiger partial charge in [0.05, 0.1) is 13.2 Å². The Labute approximate surface area is 201 Å². The Morgan fingerprint density at radius 1 is 1.09 bits per heavy atom. The van der Waals surface area contributed by atoms with Crippen molar-refractivity contribution in [3.05, 3.63) is 82.7 Å². The van der Waals surface area contributed by atoms with Gasteiger partial charge in [0.15, 0.2) is 0 Å². The van der Waals surface area contributed by atoms with Gasteiger partial charge in [-0.25, -0.2) is 0 Å². The number of aryl methyl sites for hydroxylation is 2. The molecular weight excluding hydrogens is 424 g/mol. The van der Waals surface area contributed by atoms with Gasteiger partial charge in [-0.05, 0) is 73.9 Å². The smallest absolute Gasteiger partial charge is 0.266 e. The third kappa shape index (κ3) is 4.90. The van der Waals surface area contributed by atoms with E-state index in [0.717, 1.165) is 66.6 Å². The van der Waals surface area contributed by atoms with Crippen LogP contribution >= 0.6 is 0 Å². The molecule has 174 valence electrons. The van der Waals surface area contributed by atoms with E-state index < -0.39 is 5.91 Å². The summed E-state index contributed by atoms with van der Waals surface area (Å²) in [5.74, 6) is -0.400. The van der Waals surface area contributed by atoms with Crippen molar-refractivity contribution in [3.8, 4) is 11.8 Å².